The number of pyridine rings is 1. The molecule has 1 saturated heterocycles. The molecule has 0 aliphatic carbocycles. The van der Waals surface area contributed by atoms with Crippen LogP contribution in [0.15, 0.2) is 18.3 Å². The van der Waals surface area contributed by atoms with Gasteiger partial charge in [-0.1, -0.05) is 0 Å². The first-order valence-electron chi connectivity index (χ1n) is 5.70. The van der Waals surface area contributed by atoms with Gasteiger partial charge in [0.2, 0.25) is 5.88 Å². The minimum atomic E-state index is 0.389. The molecule has 88 valence electrons. The Morgan fingerprint density at radius 2 is 2.25 bits per heavy atom. The van der Waals surface area contributed by atoms with Gasteiger partial charge in [0, 0.05) is 12.3 Å². The number of hydrogen-bond acceptors (Lipinski definition) is 4. The Hall–Kier alpha value is -1.13. The average Bonchev–Trinajstić information content (AvgIpc) is 2.38. The second-order valence-electron chi connectivity index (χ2n) is 3.97. The summed E-state index contributed by atoms with van der Waals surface area (Å²) in [6, 6.07) is 3.88. The van der Waals surface area contributed by atoms with Crippen LogP contribution < -0.4 is 10.1 Å². The third-order valence-corrected chi connectivity index (χ3v) is 2.78. The van der Waals surface area contributed by atoms with Crippen LogP contribution in [0.3, 0.4) is 0 Å². The standard InChI is InChI=1S/C12H18N2O2/c1-15-12-8-10(2-7-14-12)9-16-11-3-5-13-6-4-11/h2,7-8,11,13H,3-6,9H2,1H3. The quantitative estimate of drug-likeness (QED) is 0.835. The number of hydrogen-bond donors (Lipinski definition) is 1. The van der Waals surface area contributed by atoms with Crippen molar-refractivity contribution in [2.24, 2.45) is 0 Å². The molecule has 1 aliphatic rings. The number of ether oxygens (including phenoxy) is 2. The van der Waals surface area contributed by atoms with Crippen molar-refractivity contribution in [3.05, 3.63) is 23.9 Å². The van der Waals surface area contributed by atoms with E-state index in [0.717, 1.165) is 31.5 Å². The van der Waals surface area contributed by atoms with Gasteiger partial charge >= 0.3 is 0 Å². The van der Waals surface area contributed by atoms with Gasteiger partial charge in [0.25, 0.3) is 0 Å². The van der Waals surface area contributed by atoms with Gasteiger partial charge in [0.1, 0.15) is 0 Å². The highest BCUT2D eigenvalue weighted by atomic mass is 16.5. The smallest absolute Gasteiger partial charge is 0.213 e. The Bertz CT molecular complexity index is 325. The first-order chi connectivity index (χ1) is 7.88. The van der Waals surface area contributed by atoms with E-state index >= 15 is 0 Å². The zero-order valence-corrected chi connectivity index (χ0v) is 9.61. The van der Waals surface area contributed by atoms with E-state index in [9.17, 15) is 0 Å². The molecule has 1 N–H and O–H groups in total. The zero-order valence-electron chi connectivity index (χ0n) is 9.61. The minimum Gasteiger partial charge on any atom is -0.481 e. The molecule has 0 saturated carbocycles. The van der Waals surface area contributed by atoms with Crippen molar-refractivity contribution in [2.75, 3.05) is 20.2 Å². The van der Waals surface area contributed by atoms with Crippen LogP contribution in [0.1, 0.15) is 18.4 Å². The molecule has 2 rings (SSSR count). The predicted octanol–water partition coefficient (Wildman–Crippen LogP) is 1.36. The molecule has 1 aliphatic heterocycles. The number of aromatic nitrogens is 1. The summed E-state index contributed by atoms with van der Waals surface area (Å²) in [7, 11) is 1.62. The van der Waals surface area contributed by atoms with Crippen molar-refractivity contribution in [2.45, 2.75) is 25.6 Å². The molecule has 0 atom stereocenters. The van der Waals surface area contributed by atoms with Crippen molar-refractivity contribution >= 4 is 0 Å². The third-order valence-electron chi connectivity index (χ3n) is 2.78. The number of nitrogens with zero attached hydrogens (tertiary/aromatic N) is 1. The van der Waals surface area contributed by atoms with Crippen LogP contribution in [0.5, 0.6) is 5.88 Å². The molecule has 4 heteroatoms. The molecule has 2 heterocycles. The summed E-state index contributed by atoms with van der Waals surface area (Å²) in [6.45, 7) is 2.76. The lowest BCUT2D eigenvalue weighted by Gasteiger charge is -2.22. The fourth-order valence-electron chi connectivity index (χ4n) is 1.83. The Kier molecular flexibility index (Phi) is 4.13. The van der Waals surface area contributed by atoms with Gasteiger partial charge in [-0.15, -0.1) is 0 Å². The van der Waals surface area contributed by atoms with Gasteiger partial charge < -0.3 is 14.8 Å². The van der Waals surface area contributed by atoms with E-state index in [1.165, 1.54) is 0 Å². The summed E-state index contributed by atoms with van der Waals surface area (Å²) < 4.78 is 10.9. The van der Waals surface area contributed by atoms with E-state index in [2.05, 4.69) is 10.3 Å². The Morgan fingerprint density at radius 1 is 1.44 bits per heavy atom. The van der Waals surface area contributed by atoms with Crippen molar-refractivity contribution in [1.82, 2.24) is 10.3 Å². The highest BCUT2D eigenvalue weighted by Gasteiger charge is 2.13. The largest absolute Gasteiger partial charge is 0.481 e. The van der Waals surface area contributed by atoms with Crippen molar-refractivity contribution in [3.8, 4) is 5.88 Å². The topological polar surface area (TPSA) is 43.4 Å². The van der Waals surface area contributed by atoms with Gasteiger partial charge in [-0.05, 0) is 37.6 Å². The van der Waals surface area contributed by atoms with E-state index in [4.69, 9.17) is 9.47 Å². The number of piperidine rings is 1. The lowest BCUT2D eigenvalue weighted by atomic mass is 10.1. The second-order valence-corrected chi connectivity index (χ2v) is 3.97. The number of rotatable bonds is 4. The van der Waals surface area contributed by atoms with Gasteiger partial charge in [0.05, 0.1) is 19.8 Å². The monoisotopic (exact) mass is 222 g/mol. The maximum atomic E-state index is 5.85. The summed E-state index contributed by atoms with van der Waals surface area (Å²) in [5, 5.41) is 3.32. The van der Waals surface area contributed by atoms with E-state index in [1.54, 1.807) is 13.3 Å². The Balaban J connectivity index is 1.83. The van der Waals surface area contributed by atoms with Gasteiger partial charge in [-0.2, -0.15) is 0 Å². The molecular formula is C12H18N2O2. The molecule has 1 aromatic rings. The fraction of sp³-hybridized carbons (Fsp3) is 0.583. The van der Waals surface area contributed by atoms with E-state index in [-0.39, 0.29) is 0 Å². The molecule has 0 unspecified atom stereocenters. The molecule has 1 aromatic heterocycles. The predicted molar refractivity (Wildman–Crippen MR) is 61.5 cm³/mol. The van der Waals surface area contributed by atoms with E-state index in [0.29, 0.717) is 18.6 Å². The van der Waals surface area contributed by atoms with Gasteiger partial charge in [0.15, 0.2) is 0 Å². The third kappa shape index (κ3) is 3.18. The summed E-state index contributed by atoms with van der Waals surface area (Å²) in [6.07, 6.45) is 4.34. The molecule has 0 aromatic carbocycles. The Labute approximate surface area is 96.0 Å². The normalized spacial score (nSPS) is 17.3. The zero-order chi connectivity index (χ0) is 11.2. The van der Waals surface area contributed by atoms with Crippen molar-refractivity contribution in [1.29, 1.82) is 0 Å². The van der Waals surface area contributed by atoms with Gasteiger partial charge in [-0.25, -0.2) is 4.98 Å². The van der Waals surface area contributed by atoms with Crippen LogP contribution in [0.25, 0.3) is 0 Å². The van der Waals surface area contributed by atoms with Crippen LogP contribution in [0.2, 0.25) is 0 Å². The van der Waals surface area contributed by atoms with E-state index < -0.39 is 0 Å². The molecule has 0 amide bonds. The molecule has 4 nitrogen and oxygen atoms in total. The molecule has 0 bridgehead atoms. The maximum absolute atomic E-state index is 5.85. The SMILES string of the molecule is COc1cc(COC2CCNCC2)ccn1. The highest BCUT2D eigenvalue weighted by molar-refractivity contribution is 5.19. The van der Waals surface area contributed by atoms with Gasteiger partial charge in [-0.3, -0.25) is 0 Å². The summed E-state index contributed by atoms with van der Waals surface area (Å²) in [5.74, 6) is 0.645. The molecule has 0 radical (unpaired) electrons. The van der Waals surface area contributed by atoms with Crippen LogP contribution in [-0.2, 0) is 11.3 Å². The summed E-state index contributed by atoms with van der Waals surface area (Å²) in [4.78, 5) is 4.06. The molecular weight excluding hydrogens is 204 g/mol. The molecule has 1 fully saturated rings. The first kappa shape index (κ1) is 11.4. The van der Waals surface area contributed by atoms with Crippen LogP contribution in [0.4, 0.5) is 0 Å². The first-order valence-corrected chi connectivity index (χ1v) is 5.70. The lowest BCUT2D eigenvalue weighted by molar-refractivity contribution is 0.0211. The van der Waals surface area contributed by atoms with Crippen molar-refractivity contribution < 1.29 is 9.47 Å². The molecule has 0 spiro atoms. The second kappa shape index (κ2) is 5.82. The summed E-state index contributed by atoms with van der Waals surface area (Å²) in [5.41, 5.74) is 1.12. The summed E-state index contributed by atoms with van der Waals surface area (Å²) >= 11 is 0. The number of methoxy groups -OCH3 is 1. The van der Waals surface area contributed by atoms with E-state index in [1.807, 2.05) is 12.1 Å². The lowest BCUT2D eigenvalue weighted by Crippen LogP contribution is -2.32. The van der Waals surface area contributed by atoms with Crippen LogP contribution in [-0.4, -0.2) is 31.3 Å². The van der Waals surface area contributed by atoms with Crippen LogP contribution >= 0.6 is 0 Å². The fourth-order valence-corrected chi connectivity index (χ4v) is 1.83. The number of nitrogens with one attached hydrogen (secondary N) is 1. The highest BCUT2D eigenvalue weighted by Crippen LogP contribution is 2.13. The van der Waals surface area contributed by atoms with Crippen molar-refractivity contribution in [3.63, 3.8) is 0 Å². The molecule has 16 heavy (non-hydrogen) atoms. The average molecular weight is 222 g/mol. The Morgan fingerprint density at radius 3 is 3.00 bits per heavy atom. The van der Waals surface area contributed by atoms with Crippen LogP contribution in [0, 0.1) is 0 Å². The minimum absolute atomic E-state index is 0.389. The maximum Gasteiger partial charge on any atom is 0.213 e.